The molecule has 0 radical (unpaired) electrons. The van der Waals surface area contributed by atoms with Crippen molar-refractivity contribution in [2.24, 2.45) is 0 Å². The number of aryl methyl sites for hydroxylation is 2. The van der Waals surface area contributed by atoms with E-state index in [0.717, 1.165) is 23.4 Å². The first-order valence-corrected chi connectivity index (χ1v) is 8.50. The zero-order chi connectivity index (χ0) is 15.1. The molecule has 1 aliphatic rings. The van der Waals surface area contributed by atoms with Crippen LogP contribution in [0.1, 0.15) is 85.6 Å². The SMILES string of the molecule is CCCCCCCCCCc1cc2c(nc1C)CNC2=O. The van der Waals surface area contributed by atoms with E-state index in [1.54, 1.807) is 0 Å². The number of nitrogens with zero attached hydrogens (tertiary/aromatic N) is 1. The molecule has 0 saturated carbocycles. The van der Waals surface area contributed by atoms with Gasteiger partial charge in [0.05, 0.1) is 17.8 Å². The van der Waals surface area contributed by atoms with Crippen molar-refractivity contribution in [3.63, 3.8) is 0 Å². The Morgan fingerprint density at radius 3 is 2.48 bits per heavy atom. The van der Waals surface area contributed by atoms with Gasteiger partial charge in [0, 0.05) is 5.69 Å². The van der Waals surface area contributed by atoms with Crippen molar-refractivity contribution in [1.29, 1.82) is 0 Å². The largest absolute Gasteiger partial charge is 0.346 e. The van der Waals surface area contributed by atoms with Gasteiger partial charge in [-0.05, 0) is 31.4 Å². The lowest BCUT2D eigenvalue weighted by molar-refractivity contribution is 0.0965. The third kappa shape index (κ3) is 4.55. The second-order valence-corrected chi connectivity index (χ2v) is 6.13. The van der Waals surface area contributed by atoms with Crippen LogP contribution in [0.4, 0.5) is 0 Å². The molecule has 0 aromatic carbocycles. The number of fused-ring (bicyclic) bond motifs is 1. The van der Waals surface area contributed by atoms with Gasteiger partial charge < -0.3 is 5.32 Å². The number of unbranched alkanes of at least 4 members (excludes halogenated alkanes) is 7. The molecule has 0 spiro atoms. The molecule has 0 bridgehead atoms. The van der Waals surface area contributed by atoms with Gasteiger partial charge in [-0.2, -0.15) is 0 Å². The van der Waals surface area contributed by atoms with E-state index < -0.39 is 0 Å². The summed E-state index contributed by atoms with van der Waals surface area (Å²) in [7, 11) is 0. The van der Waals surface area contributed by atoms with Gasteiger partial charge in [-0.1, -0.05) is 51.9 Å². The predicted octanol–water partition coefficient (Wildman–Crippen LogP) is 4.32. The number of aromatic nitrogens is 1. The minimum Gasteiger partial charge on any atom is -0.346 e. The Bertz CT molecular complexity index is 482. The topological polar surface area (TPSA) is 42.0 Å². The maximum absolute atomic E-state index is 11.7. The number of nitrogens with one attached hydrogen (secondary N) is 1. The van der Waals surface area contributed by atoms with Crippen molar-refractivity contribution in [2.45, 2.75) is 78.2 Å². The van der Waals surface area contributed by atoms with Crippen LogP contribution in [0, 0.1) is 6.92 Å². The zero-order valence-corrected chi connectivity index (χ0v) is 13.5. The molecule has 0 unspecified atom stereocenters. The van der Waals surface area contributed by atoms with Crippen LogP contribution < -0.4 is 5.32 Å². The molecule has 0 saturated heterocycles. The van der Waals surface area contributed by atoms with Crippen LogP contribution in [-0.4, -0.2) is 10.9 Å². The van der Waals surface area contributed by atoms with Crippen molar-refractivity contribution in [3.8, 4) is 0 Å². The molecule has 3 nitrogen and oxygen atoms in total. The molecule has 2 heterocycles. The van der Waals surface area contributed by atoms with Gasteiger partial charge in [-0.15, -0.1) is 0 Å². The van der Waals surface area contributed by atoms with E-state index in [4.69, 9.17) is 0 Å². The highest BCUT2D eigenvalue weighted by Gasteiger charge is 2.21. The molecular weight excluding hydrogens is 260 g/mol. The third-order valence-corrected chi connectivity index (χ3v) is 4.36. The van der Waals surface area contributed by atoms with Crippen LogP contribution >= 0.6 is 0 Å². The first-order valence-electron chi connectivity index (χ1n) is 8.50. The van der Waals surface area contributed by atoms with Crippen molar-refractivity contribution in [3.05, 3.63) is 28.6 Å². The molecule has 1 aliphatic heterocycles. The summed E-state index contributed by atoms with van der Waals surface area (Å²) in [5.74, 6) is 0.0367. The summed E-state index contributed by atoms with van der Waals surface area (Å²) in [4.78, 5) is 16.2. The molecule has 2 rings (SSSR count). The number of pyridine rings is 1. The average Bonchev–Trinajstić information content (AvgIpc) is 2.82. The van der Waals surface area contributed by atoms with Gasteiger partial charge in [0.15, 0.2) is 0 Å². The summed E-state index contributed by atoms with van der Waals surface area (Å²) in [6, 6.07) is 2.06. The highest BCUT2D eigenvalue weighted by Crippen LogP contribution is 2.19. The summed E-state index contributed by atoms with van der Waals surface area (Å²) >= 11 is 0. The average molecular weight is 288 g/mol. The Balaban J connectivity index is 1.72. The smallest absolute Gasteiger partial charge is 0.253 e. The van der Waals surface area contributed by atoms with Crippen molar-refractivity contribution >= 4 is 5.91 Å². The highest BCUT2D eigenvalue weighted by atomic mass is 16.1. The van der Waals surface area contributed by atoms with Gasteiger partial charge in [-0.3, -0.25) is 9.78 Å². The van der Waals surface area contributed by atoms with Gasteiger partial charge in [-0.25, -0.2) is 0 Å². The Labute approximate surface area is 128 Å². The van der Waals surface area contributed by atoms with E-state index in [9.17, 15) is 4.79 Å². The number of rotatable bonds is 9. The first kappa shape index (κ1) is 16.0. The zero-order valence-electron chi connectivity index (χ0n) is 13.5. The van der Waals surface area contributed by atoms with E-state index in [2.05, 4.69) is 30.2 Å². The molecular formula is C18H28N2O. The van der Waals surface area contributed by atoms with Gasteiger partial charge in [0.25, 0.3) is 5.91 Å². The molecule has 0 atom stereocenters. The van der Waals surface area contributed by atoms with Crippen molar-refractivity contribution < 1.29 is 4.79 Å². The predicted molar refractivity (Wildman–Crippen MR) is 86.5 cm³/mol. The minimum absolute atomic E-state index is 0.0367. The van der Waals surface area contributed by atoms with Crippen molar-refractivity contribution in [1.82, 2.24) is 10.3 Å². The van der Waals surface area contributed by atoms with E-state index >= 15 is 0 Å². The van der Waals surface area contributed by atoms with Crippen molar-refractivity contribution in [2.75, 3.05) is 0 Å². The van der Waals surface area contributed by atoms with Gasteiger partial charge >= 0.3 is 0 Å². The summed E-state index contributed by atoms with van der Waals surface area (Å²) in [6.07, 6.45) is 11.7. The minimum atomic E-state index is 0.0367. The lowest BCUT2D eigenvalue weighted by Gasteiger charge is -2.07. The lowest BCUT2D eigenvalue weighted by Crippen LogP contribution is -2.12. The second-order valence-electron chi connectivity index (χ2n) is 6.13. The van der Waals surface area contributed by atoms with E-state index in [1.165, 1.54) is 56.9 Å². The van der Waals surface area contributed by atoms with E-state index in [0.29, 0.717) is 6.54 Å². The standard InChI is InChI=1S/C18H28N2O/c1-3-4-5-6-7-8-9-10-11-15-12-16-17(20-14(15)2)13-19-18(16)21/h12H,3-11,13H2,1-2H3,(H,19,21). The summed E-state index contributed by atoms with van der Waals surface area (Å²) in [5, 5.41) is 2.84. The number of carbonyl (C=O) groups is 1. The summed E-state index contributed by atoms with van der Waals surface area (Å²) < 4.78 is 0. The molecule has 21 heavy (non-hydrogen) atoms. The lowest BCUT2D eigenvalue weighted by atomic mass is 10.0. The Morgan fingerprint density at radius 1 is 1.10 bits per heavy atom. The third-order valence-electron chi connectivity index (χ3n) is 4.36. The number of amides is 1. The quantitative estimate of drug-likeness (QED) is 0.688. The molecule has 3 heteroatoms. The Hall–Kier alpha value is -1.38. The number of hydrogen-bond acceptors (Lipinski definition) is 2. The van der Waals surface area contributed by atoms with E-state index in [-0.39, 0.29) is 5.91 Å². The first-order chi connectivity index (χ1) is 10.2. The second kappa shape index (κ2) is 8.16. The molecule has 0 aliphatic carbocycles. The van der Waals surface area contributed by atoms with Gasteiger partial charge in [0.2, 0.25) is 0 Å². The van der Waals surface area contributed by atoms with Crippen LogP contribution in [-0.2, 0) is 13.0 Å². The van der Waals surface area contributed by atoms with Gasteiger partial charge in [0.1, 0.15) is 0 Å². The summed E-state index contributed by atoms with van der Waals surface area (Å²) in [6.45, 7) is 4.91. The Kier molecular flexibility index (Phi) is 6.21. The fraction of sp³-hybridized carbons (Fsp3) is 0.667. The number of carbonyl (C=O) groups excluding carboxylic acids is 1. The fourth-order valence-electron chi connectivity index (χ4n) is 2.99. The molecule has 1 aromatic rings. The van der Waals surface area contributed by atoms with E-state index in [1.807, 2.05) is 0 Å². The molecule has 1 amide bonds. The molecule has 0 fully saturated rings. The van der Waals surface area contributed by atoms with Crippen LogP contribution in [0.15, 0.2) is 6.07 Å². The molecule has 116 valence electrons. The maximum atomic E-state index is 11.7. The molecule has 1 aromatic heterocycles. The van der Waals surface area contributed by atoms with Crippen LogP contribution in [0.2, 0.25) is 0 Å². The van der Waals surface area contributed by atoms with Crippen LogP contribution in [0.5, 0.6) is 0 Å². The normalized spacial score (nSPS) is 13.3. The summed E-state index contributed by atoms with van der Waals surface area (Å²) in [5.41, 5.74) is 4.04. The fourth-order valence-corrected chi connectivity index (χ4v) is 2.99. The Morgan fingerprint density at radius 2 is 1.76 bits per heavy atom. The molecule has 1 N–H and O–H groups in total. The van der Waals surface area contributed by atoms with Crippen LogP contribution in [0.25, 0.3) is 0 Å². The maximum Gasteiger partial charge on any atom is 0.253 e. The number of hydrogen-bond donors (Lipinski definition) is 1. The highest BCUT2D eigenvalue weighted by molar-refractivity contribution is 5.97. The monoisotopic (exact) mass is 288 g/mol. The van der Waals surface area contributed by atoms with Crippen LogP contribution in [0.3, 0.4) is 0 Å².